The van der Waals surface area contributed by atoms with Gasteiger partial charge in [-0.25, -0.2) is 69.9 Å². The van der Waals surface area contributed by atoms with Crippen LogP contribution >= 0.6 is 44.1 Å². The molecular formula is C79H90BBr2F3N18O13S. The summed E-state index contributed by atoms with van der Waals surface area (Å²) < 4.78 is 96.8. The van der Waals surface area contributed by atoms with Crippen molar-refractivity contribution in [1.82, 2.24) is 56.1 Å². The quantitative estimate of drug-likeness (QED) is 0.0272. The van der Waals surface area contributed by atoms with E-state index in [-0.39, 0.29) is 72.3 Å². The zero-order valence-electron chi connectivity index (χ0n) is 64.9. The van der Waals surface area contributed by atoms with Crippen molar-refractivity contribution in [3.63, 3.8) is 0 Å². The summed E-state index contributed by atoms with van der Waals surface area (Å²) >= 11 is 12.2. The smallest absolute Gasteiger partial charge is 0.481 e. The minimum absolute atomic E-state index is 0.0312. The molecule has 12 heterocycles. The fourth-order valence-electron chi connectivity index (χ4n) is 13.5. The van der Waals surface area contributed by atoms with Crippen molar-refractivity contribution in [3.8, 4) is 23.0 Å². The summed E-state index contributed by atoms with van der Waals surface area (Å²) in [6, 6.07) is 34.2. The molecule has 0 radical (unpaired) electrons. The molecule has 7 aliphatic heterocycles. The molecule has 0 saturated carbocycles. The maximum absolute atomic E-state index is 14.4. The molecule has 0 unspecified atom stereocenters. The highest BCUT2D eigenvalue weighted by Crippen LogP contribution is 2.38. The van der Waals surface area contributed by atoms with Gasteiger partial charge in [-0.05, 0) is 98.1 Å². The molecule has 11 N–H and O–H groups in total. The van der Waals surface area contributed by atoms with Crippen LogP contribution < -0.4 is 59.3 Å². The van der Waals surface area contributed by atoms with Gasteiger partial charge in [-0.15, -0.1) is 0 Å². The Labute approximate surface area is 696 Å². The molecule has 0 bridgehead atoms. The highest BCUT2D eigenvalue weighted by Gasteiger charge is 2.34. The van der Waals surface area contributed by atoms with Gasteiger partial charge in [0.05, 0.1) is 161 Å². The Bertz CT molecular complexity index is 4910. The molecule has 4 aromatic carbocycles. The number of aryl methyl sites for hydroxylation is 3. The lowest BCUT2D eigenvalue weighted by Gasteiger charge is -2.28. The number of nitrogens with two attached hydrogens (primary N) is 4. The molecule has 0 spiro atoms. The molecule has 16 rings (SSSR count). The van der Waals surface area contributed by atoms with Crippen LogP contribution in [-0.4, -0.2) is 202 Å². The van der Waals surface area contributed by atoms with Gasteiger partial charge in [-0.2, -0.15) is 0 Å². The van der Waals surface area contributed by atoms with Crippen molar-refractivity contribution >= 4 is 97.0 Å². The van der Waals surface area contributed by atoms with Crippen LogP contribution in [0.25, 0.3) is 11.3 Å². The highest BCUT2D eigenvalue weighted by atomic mass is 79.9. The van der Waals surface area contributed by atoms with Gasteiger partial charge >= 0.3 is 7.12 Å². The number of hydroxylamine groups is 2. The van der Waals surface area contributed by atoms with E-state index < -0.39 is 13.2 Å². The van der Waals surface area contributed by atoms with Crippen molar-refractivity contribution in [2.75, 3.05) is 142 Å². The van der Waals surface area contributed by atoms with Crippen LogP contribution in [0.5, 0.6) is 11.8 Å². The van der Waals surface area contributed by atoms with E-state index in [9.17, 15) is 13.2 Å². The number of anilines is 4. The Balaban J connectivity index is 0.000000141. The summed E-state index contributed by atoms with van der Waals surface area (Å²) in [4.78, 5) is 63.1. The third-order valence-corrected chi connectivity index (χ3v) is 20.6. The van der Waals surface area contributed by atoms with E-state index >= 15 is 0 Å². The first-order valence-electron chi connectivity index (χ1n) is 37.5. The molecule has 4 saturated heterocycles. The maximum atomic E-state index is 14.4. The number of nitrogens with one attached hydrogen (secondary N) is 3. The summed E-state index contributed by atoms with van der Waals surface area (Å²) in [5, 5.41) is 3.27. The van der Waals surface area contributed by atoms with Crippen molar-refractivity contribution in [2.24, 2.45) is 15.9 Å². The van der Waals surface area contributed by atoms with Crippen LogP contribution in [0.3, 0.4) is 0 Å². The third kappa shape index (κ3) is 23.9. The predicted octanol–water partition coefficient (Wildman–Crippen LogP) is 8.27. The van der Waals surface area contributed by atoms with Crippen molar-refractivity contribution in [2.45, 2.75) is 76.5 Å². The first-order chi connectivity index (χ1) is 56.8. The van der Waals surface area contributed by atoms with E-state index in [4.69, 9.17) is 102 Å². The number of amidine groups is 2. The predicted molar refractivity (Wildman–Crippen MR) is 442 cm³/mol. The molecular weight excluding hydrogens is 1670 g/mol. The molecule has 9 aromatic rings. The Morgan fingerprint density at radius 1 is 0.521 bits per heavy atom. The minimum Gasteiger partial charge on any atom is -0.481 e. The number of thiocarbonyl (C=S) groups is 1. The Kier molecular flexibility index (Phi) is 31.6. The number of methoxy groups -OCH3 is 2. The number of halogens is 5. The Morgan fingerprint density at radius 2 is 0.991 bits per heavy atom. The monoisotopic (exact) mass is 1760 g/mol. The number of benzene rings is 4. The number of hydrogen-bond acceptors (Lipinski definition) is 31. The van der Waals surface area contributed by atoms with Crippen LogP contribution in [0, 0.1) is 38.2 Å². The molecule has 31 nitrogen and oxygen atoms in total. The van der Waals surface area contributed by atoms with Gasteiger partial charge in [0.2, 0.25) is 29.6 Å². The summed E-state index contributed by atoms with van der Waals surface area (Å²) in [5.74, 6) is 6.42. The van der Waals surface area contributed by atoms with Crippen LogP contribution in [0.4, 0.5) is 36.7 Å². The summed E-state index contributed by atoms with van der Waals surface area (Å²) in [5.41, 5.74) is 35.9. The zero-order valence-corrected chi connectivity index (χ0v) is 68.8. The average molecular weight is 1760 g/mol. The zero-order chi connectivity index (χ0) is 82.3. The van der Waals surface area contributed by atoms with E-state index in [0.717, 1.165) is 74.8 Å². The van der Waals surface area contributed by atoms with Gasteiger partial charge < -0.3 is 79.5 Å². The number of aromatic nitrogens is 8. The lowest BCUT2D eigenvalue weighted by atomic mass is 9.83. The number of rotatable bonds is 16. The molecule has 618 valence electrons. The fraction of sp³-hybridized carbons (Fsp3) is 0.380. The third-order valence-electron chi connectivity index (χ3n) is 18.9. The number of hydrogen-bond donors (Lipinski definition) is 7. The van der Waals surface area contributed by atoms with Crippen molar-refractivity contribution in [1.29, 1.82) is 0 Å². The summed E-state index contributed by atoms with van der Waals surface area (Å²) in [6.45, 7) is 14.5. The van der Waals surface area contributed by atoms with Crippen molar-refractivity contribution < 1.29 is 74.9 Å². The van der Waals surface area contributed by atoms with E-state index in [0.29, 0.717) is 165 Å². The largest absolute Gasteiger partial charge is 0.513 e. The van der Waals surface area contributed by atoms with Gasteiger partial charge in [-0.3, -0.25) is 19.7 Å². The van der Waals surface area contributed by atoms with E-state index in [2.05, 4.69) is 110 Å². The molecule has 0 aliphatic carbocycles. The topological polar surface area (TPSA) is 391 Å². The number of fused-ring (bicyclic) bond motifs is 3. The van der Waals surface area contributed by atoms with Gasteiger partial charge in [-0.1, -0.05) is 92.6 Å². The molecule has 5 aromatic heterocycles. The first-order valence-corrected chi connectivity index (χ1v) is 39.5. The normalized spacial score (nSPS) is 19.6. The van der Waals surface area contributed by atoms with E-state index in [1.807, 2.05) is 63.2 Å². The van der Waals surface area contributed by atoms with Crippen molar-refractivity contribution in [3.05, 3.63) is 215 Å². The second-order valence-electron chi connectivity index (χ2n) is 27.1. The Morgan fingerprint density at radius 3 is 1.50 bits per heavy atom. The second kappa shape index (κ2) is 42.7. The number of nitrogen functional groups attached to an aromatic ring is 3. The molecule has 4 fully saturated rings. The van der Waals surface area contributed by atoms with Crippen LogP contribution in [0.2, 0.25) is 0 Å². The van der Waals surface area contributed by atoms with Crippen LogP contribution in [0.1, 0.15) is 85.7 Å². The summed E-state index contributed by atoms with van der Waals surface area (Å²) in [7, 11) is 2.70. The average Bonchev–Trinajstić information content (AvgIpc) is 0.727. The van der Waals surface area contributed by atoms with Gasteiger partial charge in [0.15, 0.2) is 11.7 Å². The molecule has 38 heteroatoms. The number of para-hydroxylation sites is 1. The lowest BCUT2D eigenvalue weighted by Crippen LogP contribution is -2.45. The first kappa shape index (κ1) is 86.7. The molecule has 0 amide bonds. The molecule has 7 aliphatic rings. The summed E-state index contributed by atoms with van der Waals surface area (Å²) in [6.07, 6.45) is 1.27. The SMILES string of the molecule is COc1cccc(-c2cc(F)ccc2[C@H]2Cc3nc(N)nc(C)c3C(NOC[C@H]3COCCO3)=N2)n1.COc1cccc(B2OCCN(c3ccccc3)CCO2)n1.Cc1nc(N)nc2c1C(=S)N[C@@H](c1ccc(F)cc1Br)C2.Cc1nc(N)nc2c1C(NOC[C@H]1COCCO1)=N[C@@H](c1ccc(F)cc1Br)C2.NOC[C@H]1COCCO1. The standard InChI is InChI=1S/C25H27FN6O4.C19H21BrFN5O3.C16H19BN2O3.C14H12BrFN4S.C5H11NO3/c1-14-23-21(31-25(27)28-14)11-20(30-24(23)32-36-13-16-12-34-8-9-35-16)17-7-6-15(26)10-18(17)19-4-3-5-22(29-19)33-2;1-10-17-16(25-19(22)23-10)7-15(13-3-2-11(21)6-14(13)20)24-18(17)26-29-9-12-8-27-4-5-28-12;1-20-16-9-5-8-15(18-16)17-21-12-10-19(11-13-22-17)14-6-3-2-4-7-14;1-6-12-11(20-14(17)18-6)5-10(19-13(12)21)8-3-2-7(16)4-9(8)15;6-9-4-5-3-7-1-2-8-5/h3-7,10,16,20H,8-9,11-13H2,1-2H3,(H,30,32)(H2,27,28,31);2-3,6,12,15H,4-5,7-9H2,1H3,(H,24,26)(H2,22,23,25);2-9H,10-13H2,1H3;2-4,10H,5H2,1H3,(H,19,21)(H2,17,18,20);5H,1-4,6H2/t16-,20-;12-,15-;;10-;5-/m11.11/s1. The van der Waals surface area contributed by atoms with Gasteiger partial charge in [0.1, 0.15) is 54.0 Å². The minimum atomic E-state index is -0.437. The number of ether oxygens (including phenoxy) is 8. The van der Waals surface area contributed by atoms with Crippen LogP contribution in [0.15, 0.2) is 140 Å². The number of pyridine rings is 2. The van der Waals surface area contributed by atoms with Gasteiger partial charge in [0, 0.05) is 77.9 Å². The van der Waals surface area contributed by atoms with E-state index in [1.54, 1.807) is 37.4 Å². The second-order valence-corrected chi connectivity index (χ2v) is 29.2. The van der Waals surface area contributed by atoms with Gasteiger partial charge in [0.25, 0.3) is 0 Å². The lowest BCUT2D eigenvalue weighted by molar-refractivity contribution is -0.122. The molecule has 6 atom stereocenters. The maximum Gasteiger partial charge on any atom is 0.513 e. The van der Waals surface area contributed by atoms with E-state index in [1.165, 1.54) is 49.2 Å². The van der Waals surface area contributed by atoms with Crippen LogP contribution in [-0.2, 0) is 71.5 Å². The fourth-order valence-corrected chi connectivity index (χ4v) is 15.2. The number of nitrogens with zero attached hydrogens (tertiary/aromatic N) is 11. The molecule has 117 heavy (non-hydrogen) atoms. The Hall–Kier alpha value is -9.62. The number of aliphatic imine (C=N–C) groups is 2. The highest BCUT2D eigenvalue weighted by molar-refractivity contribution is 9.10.